The molecule has 2 aromatic carbocycles. The summed E-state index contributed by atoms with van der Waals surface area (Å²) < 4.78 is 1.91. The fourth-order valence-electron chi connectivity index (χ4n) is 2.84. The Balaban J connectivity index is 2.22. The third kappa shape index (κ3) is 2.30. The average molecular weight is 295 g/mol. The van der Waals surface area contributed by atoms with Gasteiger partial charge in [0.1, 0.15) is 0 Å². The number of rotatable bonds is 4. The van der Waals surface area contributed by atoms with Crippen molar-refractivity contribution < 1.29 is 9.90 Å². The molecule has 3 N–H and O–H groups in total. The second kappa shape index (κ2) is 5.18. The molecule has 3 aromatic rings. The van der Waals surface area contributed by atoms with Gasteiger partial charge >= 0.3 is 5.97 Å². The summed E-state index contributed by atoms with van der Waals surface area (Å²) in [6.07, 6.45) is 1.65. The lowest BCUT2D eigenvalue weighted by atomic mass is 9.88. The molecule has 0 aliphatic carbocycles. The van der Waals surface area contributed by atoms with Crippen molar-refractivity contribution in [2.75, 3.05) is 5.73 Å². The molecule has 0 amide bonds. The van der Waals surface area contributed by atoms with Gasteiger partial charge in [0.15, 0.2) is 0 Å². The maximum atomic E-state index is 11.4. The highest BCUT2D eigenvalue weighted by molar-refractivity contribution is 5.80. The van der Waals surface area contributed by atoms with Gasteiger partial charge in [0.25, 0.3) is 0 Å². The molecular formula is C17H17N3O2. The second-order valence-corrected chi connectivity index (χ2v) is 5.57. The summed E-state index contributed by atoms with van der Waals surface area (Å²) >= 11 is 0. The first kappa shape index (κ1) is 14.1. The summed E-state index contributed by atoms with van der Waals surface area (Å²) in [6, 6.07) is 15.1. The third-order valence-electron chi connectivity index (χ3n) is 3.99. The monoisotopic (exact) mass is 295 g/mol. The number of carboxylic acid groups (broad SMARTS) is 1. The topological polar surface area (TPSA) is 81.1 Å². The number of nitrogens with two attached hydrogens (primary N) is 1. The first-order chi connectivity index (χ1) is 10.5. The Kier molecular flexibility index (Phi) is 3.33. The molecule has 0 saturated carbocycles. The molecule has 0 saturated heterocycles. The van der Waals surface area contributed by atoms with Crippen molar-refractivity contribution >= 4 is 22.7 Å². The first-order valence-electron chi connectivity index (χ1n) is 7.01. The number of benzene rings is 2. The molecule has 0 aliphatic rings. The molecule has 22 heavy (non-hydrogen) atoms. The summed E-state index contributed by atoms with van der Waals surface area (Å²) in [5.74, 6) is -0.858. The molecule has 0 radical (unpaired) electrons. The minimum atomic E-state index is -0.858. The fourth-order valence-corrected chi connectivity index (χ4v) is 2.84. The summed E-state index contributed by atoms with van der Waals surface area (Å²) in [4.78, 5) is 15.8. The summed E-state index contributed by atoms with van der Waals surface area (Å²) in [6.45, 7) is 1.91. The van der Waals surface area contributed by atoms with Gasteiger partial charge in [-0.1, -0.05) is 30.3 Å². The van der Waals surface area contributed by atoms with Gasteiger partial charge in [-0.2, -0.15) is 0 Å². The third-order valence-corrected chi connectivity index (χ3v) is 3.99. The molecular weight excluding hydrogens is 278 g/mol. The Hall–Kier alpha value is -2.82. The van der Waals surface area contributed by atoms with Gasteiger partial charge in [0.2, 0.25) is 0 Å². The van der Waals surface area contributed by atoms with Crippen molar-refractivity contribution in [2.24, 2.45) is 0 Å². The van der Waals surface area contributed by atoms with E-state index in [9.17, 15) is 9.90 Å². The van der Waals surface area contributed by atoms with Crippen molar-refractivity contribution in [2.45, 2.75) is 18.9 Å². The SMILES string of the molecule is C[C@@](CC(=O)O)(c1ccccc1)n1cnc2cc(N)ccc21. The smallest absolute Gasteiger partial charge is 0.306 e. The quantitative estimate of drug-likeness (QED) is 0.725. The zero-order valence-electron chi connectivity index (χ0n) is 12.2. The molecule has 0 bridgehead atoms. The molecule has 0 fully saturated rings. The van der Waals surface area contributed by atoms with Crippen LogP contribution in [0.1, 0.15) is 18.9 Å². The van der Waals surface area contributed by atoms with Gasteiger partial charge in [-0.05, 0) is 30.7 Å². The van der Waals surface area contributed by atoms with Gasteiger partial charge < -0.3 is 15.4 Å². The van der Waals surface area contributed by atoms with Crippen LogP contribution in [-0.4, -0.2) is 20.6 Å². The van der Waals surface area contributed by atoms with Crippen LogP contribution in [0.4, 0.5) is 5.69 Å². The Morgan fingerprint density at radius 3 is 2.68 bits per heavy atom. The Labute approximate surface area is 128 Å². The van der Waals surface area contributed by atoms with Gasteiger partial charge in [-0.25, -0.2) is 4.98 Å². The number of anilines is 1. The summed E-state index contributed by atoms with van der Waals surface area (Å²) in [5.41, 5.74) is 8.25. The molecule has 5 nitrogen and oxygen atoms in total. The van der Waals surface area contributed by atoms with E-state index in [-0.39, 0.29) is 6.42 Å². The van der Waals surface area contributed by atoms with Crippen LogP contribution in [0, 0.1) is 0 Å². The molecule has 112 valence electrons. The van der Waals surface area contributed by atoms with E-state index in [2.05, 4.69) is 4.98 Å². The number of hydrogen-bond acceptors (Lipinski definition) is 3. The number of nitrogens with zero attached hydrogens (tertiary/aromatic N) is 2. The van der Waals surface area contributed by atoms with E-state index in [1.165, 1.54) is 0 Å². The summed E-state index contributed by atoms with van der Waals surface area (Å²) in [7, 11) is 0. The van der Waals surface area contributed by atoms with Crippen molar-refractivity contribution in [1.82, 2.24) is 9.55 Å². The van der Waals surface area contributed by atoms with Crippen LogP contribution in [0.15, 0.2) is 54.9 Å². The first-order valence-corrected chi connectivity index (χ1v) is 7.01. The van der Waals surface area contributed by atoms with Crippen LogP contribution in [0.25, 0.3) is 11.0 Å². The average Bonchev–Trinajstić information content (AvgIpc) is 2.91. The van der Waals surface area contributed by atoms with E-state index in [0.29, 0.717) is 5.69 Å². The number of hydrogen-bond donors (Lipinski definition) is 2. The van der Waals surface area contributed by atoms with Crippen LogP contribution in [0.3, 0.4) is 0 Å². The zero-order valence-corrected chi connectivity index (χ0v) is 12.2. The predicted molar refractivity (Wildman–Crippen MR) is 85.6 cm³/mol. The maximum absolute atomic E-state index is 11.4. The van der Waals surface area contributed by atoms with Crippen molar-refractivity contribution in [3.63, 3.8) is 0 Å². The highest BCUT2D eigenvalue weighted by atomic mass is 16.4. The second-order valence-electron chi connectivity index (χ2n) is 5.57. The number of aromatic nitrogens is 2. The van der Waals surface area contributed by atoms with E-state index >= 15 is 0 Å². The minimum absolute atomic E-state index is 0.0349. The summed E-state index contributed by atoms with van der Waals surface area (Å²) in [5, 5.41) is 9.37. The molecule has 1 aromatic heterocycles. The largest absolute Gasteiger partial charge is 0.481 e. The Morgan fingerprint density at radius 2 is 2.00 bits per heavy atom. The molecule has 1 heterocycles. The number of nitrogen functional groups attached to an aromatic ring is 1. The maximum Gasteiger partial charge on any atom is 0.306 e. The number of imidazole rings is 1. The van der Waals surface area contributed by atoms with Gasteiger partial charge in [-0.3, -0.25) is 4.79 Å². The minimum Gasteiger partial charge on any atom is -0.481 e. The molecule has 0 aliphatic heterocycles. The standard InChI is InChI=1S/C17H17N3O2/c1-17(10-16(21)22,12-5-3-2-4-6-12)20-11-19-14-9-13(18)7-8-15(14)20/h2-9,11H,10,18H2,1H3,(H,21,22)/t17-/m1/s1. The highest BCUT2D eigenvalue weighted by Crippen LogP contribution is 2.33. The Bertz CT molecular complexity index is 826. The van der Waals surface area contributed by atoms with Crippen molar-refractivity contribution in [1.29, 1.82) is 0 Å². The molecule has 5 heteroatoms. The molecule has 1 atom stereocenters. The lowest BCUT2D eigenvalue weighted by Crippen LogP contribution is -2.33. The van der Waals surface area contributed by atoms with Crippen molar-refractivity contribution in [3.05, 3.63) is 60.4 Å². The number of carboxylic acids is 1. The van der Waals surface area contributed by atoms with E-state index in [0.717, 1.165) is 16.6 Å². The van der Waals surface area contributed by atoms with E-state index in [4.69, 9.17) is 5.73 Å². The molecule has 0 spiro atoms. The van der Waals surface area contributed by atoms with Crippen LogP contribution < -0.4 is 5.73 Å². The van der Waals surface area contributed by atoms with Crippen LogP contribution >= 0.6 is 0 Å². The van der Waals surface area contributed by atoms with Gasteiger partial charge in [0.05, 0.1) is 29.3 Å². The number of aliphatic carboxylic acids is 1. The van der Waals surface area contributed by atoms with Gasteiger partial charge in [0, 0.05) is 5.69 Å². The number of fused-ring (bicyclic) bond motifs is 1. The zero-order chi connectivity index (χ0) is 15.7. The van der Waals surface area contributed by atoms with Crippen molar-refractivity contribution in [3.8, 4) is 0 Å². The van der Waals surface area contributed by atoms with Crippen LogP contribution in [0.5, 0.6) is 0 Å². The van der Waals surface area contributed by atoms with Gasteiger partial charge in [-0.15, -0.1) is 0 Å². The molecule has 3 rings (SSSR count). The Morgan fingerprint density at radius 1 is 1.27 bits per heavy atom. The normalized spacial score (nSPS) is 13.9. The van der Waals surface area contributed by atoms with Crippen LogP contribution in [-0.2, 0) is 10.3 Å². The lowest BCUT2D eigenvalue weighted by molar-refractivity contribution is -0.138. The highest BCUT2D eigenvalue weighted by Gasteiger charge is 2.32. The predicted octanol–water partition coefficient (Wildman–Crippen LogP) is 2.86. The van der Waals surface area contributed by atoms with E-state index in [1.807, 2.05) is 47.9 Å². The number of carbonyl (C=O) groups is 1. The van der Waals surface area contributed by atoms with E-state index in [1.54, 1.807) is 18.5 Å². The lowest BCUT2D eigenvalue weighted by Gasteiger charge is -2.31. The van der Waals surface area contributed by atoms with E-state index < -0.39 is 11.5 Å². The van der Waals surface area contributed by atoms with Crippen LogP contribution in [0.2, 0.25) is 0 Å². The fraction of sp³-hybridized carbons (Fsp3) is 0.176. The molecule has 0 unspecified atom stereocenters.